The van der Waals surface area contributed by atoms with Crippen LogP contribution in [0.1, 0.15) is 24.2 Å². The van der Waals surface area contributed by atoms with E-state index in [9.17, 15) is 13.2 Å². The summed E-state index contributed by atoms with van der Waals surface area (Å²) in [6.45, 7) is 5.84. The molecule has 1 aliphatic rings. The summed E-state index contributed by atoms with van der Waals surface area (Å²) in [6, 6.07) is 16.2. The van der Waals surface area contributed by atoms with Gasteiger partial charge in [0.2, 0.25) is 10.0 Å². The topological polar surface area (TPSA) is 69.7 Å². The summed E-state index contributed by atoms with van der Waals surface area (Å²) in [7, 11) is -3.63. The number of para-hydroxylation sites is 1. The number of amides is 1. The average Bonchev–Trinajstić information content (AvgIpc) is 2.68. The van der Waals surface area contributed by atoms with Crippen molar-refractivity contribution in [3.8, 4) is 0 Å². The first kappa shape index (κ1) is 19.4. The van der Waals surface area contributed by atoms with Gasteiger partial charge in [0.25, 0.3) is 5.91 Å². The molecule has 0 spiro atoms. The fourth-order valence-corrected chi connectivity index (χ4v) is 4.59. The summed E-state index contributed by atoms with van der Waals surface area (Å²) in [4.78, 5) is 14.5. The van der Waals surface area contributed by atoms with Crippen LogP contribution in [0.4, 0.5) is 5.69 Å². The second-order valence-electron chi connectivity index (χ2n) is 6.88. The summed E-state index contributed by atoms with van der Waals surface area (Å²) >= 11 is 0. The normalized spacial score (nSPS) is 15.7. The minimum Gasteiger partial charge on any atom is -0.369 e. The molecule has 2 aromatic carbocycles. The Bertz CT molecular complexity index is 890. The highest BCUT2D eigenvalue weighted by Gasteiger charge is 2.29. The van der Waals surface area contributed by atoms with Crippen LogP contribution in [-0.2, 0) is 10.0 Å². The molecule has 0 aliphatic carbocycles. The molecule has 6 nitrogen and oxygen atoms in total. The number of sulfonamides is 1. The van der Waals surface area contributed by atoms with Crippen LogP contribution in [0.3, 0.4) is 0 Å². The van der Waals surface area contributed by atoms with Crippen LogP contribution in [0.2, 0.25) is 0 Å². The van der Waals surface area contributed by atoms with Gasteiger partial charge in [-0.2, -0.15) is 4.31 Å². The number of anilines is 1. The maximum absolute atomic E-state index is 13.0. The molecule has 1 amide bonds. The van der Waals surface area contributed by atoms with Crippen LogP contribution < -0.4 is 10.2 Å². The molecule has 1 saturated heterocycles. The SMILES string of the molecule is CC(C)NC(=O)c1cccc(S(=O)(=O)N2CCN(c3ccccc3)CC2)c1. The van der Waals surface area contributed by atoms with Crippen LogP contribution in [0.15, 0.2) is 59.5 Å². The highest BCUT2D eigenvalue weighted by molar-refractivity contribution is 7.89. The predicted molar refractivity (Wildman–Crippen MR) is 106 cm³/mol. The molecule has 1 fully saturated rings. The van der Waals surface area contributed by atoms with Gasteiger partial charge in [-0.1, -0.05) is 24.3 Å². The second-order valence-corrected chi connectivity index (χ2v) is 8.82. The number of benzene rings is 2. The monoisotopic (exact) mass is 387 g/mol. The minimum absolute atomic E-state index is 0.0103. The zero-order valence-electron chi connectivity index (χ0n) is 15.6. The Kier molecular flexibility index (Phi) is 5.82. The van der Waals surface area contributed by atoms with E-state index in [0.29, 0.717) is 31.7 Å². The van der Waals surface area contributed by atoms with E-state index >= 15 is 0 Å². The van der Waals surface area contributed by atoms with Crippen LogP contribution in [0.25, 0.3) is 0 Å². The van der Waals surface area contributed by atoms with Crippen molar-refractivity contribution in [1.29, 1.82) is 0 Å². The van der Waals surface area contributed by atoms with Crippen molar-refractivity contribution in [2.45, 2.75) is 24.8 Å². The van der Waals surface area contributed by atoms with Crippen molar-refractivity contribution in [2.24, 2.45) is 0 Å². The van der Waals surface area contributed by atoms with Crippen LogP contribution in [0.5, 0.6) is 0 Å². The van der Waals surface area contributed by atoms with Gasteiger partial charge in [0, 0.05) is 43.5 Å². The van der Waals surface area contributed by atoms with Crippen molar-refractivity contribution in [3.63, 3.8) is 0 Å². The Morgan fingerprint density at radius 2 is 1.63 bits per heavy atom. The number of nitrogens with zero attached hydrogens (tertiary/aromatic N) is 2. The Balaban J connectivity index is 1.73. The molecule has 1 N–H and O–H groups in total. The van der Waals surface area contributed by atoms with E-state index < -0.39 is 10.0 Å². The van der Waals surface area contributed by atoms with Crippen molar-refractivity contribution >= 4 is 21.6 Å². The number of carbonyl (C=O) groups excluding carboxylic acids is 1. The van der Waals surface area contributed by atoms with E-state index in [0.717, 1.165) is 5.69 Å². The summed E-state index contributed by atoms with van der Waals surface area (Å²) < 4.78 is 27.5. The first-order valence-corrected chi connectivity index (χ1v) is 10.5. The Labute approximate surface area is 160 Å². The van der Waals surface area contributed by atoms with E-state index in [1.807, 2.05) is 44.2 Å². The number of carbonyl (C=O) groups is 1. The number of nitrogens with one attached hydrogen (secondary N) is 1. The maximum atomic E-state index is 13.0. The lowest BCUT2D eigenvalue weighted by Gasteiger charge is -2.35. The van der Waals surface area contributed by atoms with Crippen molar-refractivity contribution < 1.29 is 13.2 Å². The molecule has 0 saturated carbocycles. The molecule has 0 unspecified atom stereocenters. The molecule has 0 atom stereocenters. The highest BCUT2D eigenvalue weighted by Crippen LogP contribution is 2.21. The third-order valence-corrected chi connectivity index (χ3v) is 6.41. The molecule has 1 aliphatic heterocycles. The summed E-state index contributed by atoms with van der Waals surface area (Å²) in [5, 5.41) is 2.79. The Morgan fingerprint density at radius 1 is 0.963 bits per heavy atom. The van der Waals surface area contributed by atoms with Crippen LogP contribution in [0, 0.1) is 0 Å². The molecule has 2 aromatic rings. The molecule has 27 heavy (non-hydrogen) atoms. The van der Waals surface area contributed by atoms with Crippen LogP contribution in [-0.4, -0.2) is 50.9 Å². The van der Waals surface area contributed by atoms with Gasteiger partial charge in [-0.15, -0.1) is 0 Å². The zero-order chi connectivity index (χ0) is 19.4. The van der Waals surface area contributed by atoms with E-state index in [2.05, 4.69) is 10.2 Å². The maximum Gasteiger partial charge on any atom is 0.251 e. The van der Waals surface area contributed by atoms with Gasteiger partial charge in [0.1, 0.15) is 0 Å². The van der Waals surface area contributed by atoms with Gasteiger partial charge in [-0.05, 0) is 44.2 Å². The third kappa shape index (κ3) is 4.48. The first-order valence-electron chi connectivity index (χ1n) is 9.09. The lowest BCUT2D eigenvalue weighted by Crippen LogP contribution is -2.48. The standard InChI is InChI=1S/C20H25N3O3S/c1-16(2)21-20(24)17-7-6-10-19(15-17)27(25,26)23-13-11-22(12-14-23)18-8-4-3-5-9-18/h3-10,15-16H,11-14H2,1-2H3,(H,21,24). The molecular weight excluding hydrogens is 362 g/mol. The summed E-state index contributed by atoms with van der Waals surface area (Å²) in [6.07, 6.45) is 0. The van der Waals surface area contributed by atoms with Gasteiger partial charge in [-0.25, -0.2) is 8.42 Å². The predicted octanol–water partition coefficient (Wildman–Crippen LogP) is 2.34. The number of rotatable bonds is 5. The molecular formula is C20H25N3O3S. The third-order valence-electron chi connectivity index (χ3n) is 4.51. The molecule has 144 valence electrons. The van der Waals surface area contributed by atoms with Gasteiger partial charge < -0.3 is 10.2 Å². The lowest BCUT2D eigenvalue weighted by atomic mass is 10.2. The molecule has 7 heteroatoms. The van der Waals surface area contributed by atoms with E-state index in [1.54, 1.807) is 18.2 Å². The minimum atomic E-state index is -3.63. The van der Waals surface area contributed by atoms with E-state index in [1.165, 1.54) is 10.4 Å². The molecule has 0 aromatic heterocycles. The molecule has 0 bridgehead atoms. The summed E-state index contributed by atoms with van der Waals surface area (Å²) in [5.41, 5.74) is 1.45. The average molecular weight is 388 g/mol. The van der Waals surface area contributed by atoms with E-state index in [-0.39, 0.29) is 16.8 Å². The van der Waals surface area contributed by atoms with E-state index in [4.69, 9.17) is 0 Å². The second kappa shape index (κ2) is 8.10. The zero-order valence-corrected chi connectivity index (χ0v) is 16.4. The number of hydrogen-bond acceptors (Lipinski definition) is 4. The molecule has 0 radical (unpaired) electrons. The van der Waals surface area contributed by atoms with Crippen molar-refractivity contribution in [1.82, 2.24) is 9.62 Å². The largest absolute Gasteiger partial charge is 0.369 e. The van der Waals surface area contributed by atoms with Crippen LogP contribution >= 0.6 is 0 Å². The fourth-order valence-electron chi connectivity index (χ4n) is 3.12. The quantitative estimate of drug-likeness (QED) is 0.855. The first-order chi connectivity index (χ1) is 12.9. The number of piperazine rings is 1. The summed E-state index contributed by atoms with van der Waals surface area (Å²) in [5.74, 6) is -0.268. The number of hydrogen-bond donors (Lipinski definition) is 1. The highest BCUT2D eigenvalue weighted by atomic mass is 32.2. The van der Waals surface area contributed by atoms with Gasteiger partial charge in [0.05, 0.1) is 4.90 Å². The fraction of sp³-hybridized carbons (Fsp3) is 0.350. The Morgan fingerprint density at radius 3 is 2.26 bits per heavy atom. The molecule has 1 heterocycles. The smallest absolute Gasteiger partial charge is 0.251 e. The van der Waals surface area contributed by atoms with Crippen molar-refractivity contribution in [2.75, 3.05) is 31.1 Å². The van der Waals surface area contributed by atoms with Crippen molar-refractivity contribution in [3.05, 3.63) is 60.2 Å². The Hall–Kier alpha value is -2.38. The van der Waals surface area contributed by atoms with Gasteiger partial charge >= 0.3 is 0 Å². The van der Waals surface area contributed by atoms with Gasteiger partial charge in [0.15, 0.2) is 0 Å². The van der Waals surface area contributed by atoms with Gasteiger partial charge in [-0.3, -0.25) is 4.79 Å². The molecule has 3 rings (SSSR count). The lowest BCUT2D eigenvalue weighted by molar-refractivity contribution is 0.0943.